The maximum absolute atomic E-state index is 13.8. The van der Waals surface area contributed by atoms with Gasteiger partial charge >= 0.3 is 0 Å². The molecule has 1 aromatic heterocycles. The lowest BCUT2D eigenvalue weighted by Crippen LogP contribution is -2.43. The first-order chi connectivity index (χ1) is 15.0. The molecule has 0 spiro atoms. The molecule has 31 heavy (non-hydrogen) atoms. The van der Waals surface area contributed by atoms with Gasteiger partial charge in [-0.3, -0.25) is 4.79 Å². The van der Waals surface area contributed by atoms with Crippen LogP contribution >= 0.6 is 11.6 Å². The number of hydrogen-bond acceptors (Lipinski definition) is 7. The van der Waals surface area contributed by atoms with Gasteiger partial charge in [0.25, 0.3) is 5.91 Å². The van der Waals surface area contributed by atoms with Gasteiger partial charge in [0.15, 0.2) is 6.10 Å². The Morgan fingerprint density at radius 2 is 2.13 bits per heavy atom. The summed E-state index contributed by atoms with van der Waals surface area (Å²) in [6, 6.07) is 3.60. The van der Waals surface area contributed by atoms with E-state index in [2.05, 4.69) is 20.6 Å². The molecule has 166 valence electrons. The fourth-order valence-corrected chi connectivity index (χ4v) is 3.77. The number of carbonyl (C=O) groups excluding carboxylic acids is 1. The molecule has 1 aromatic carbocycles. The highest BCUT2D eigenvalue weighted by Gasteiger charge is 2.29. The second kappa shape index (κ2) is 9.76. The minimum absolute atomic E-state index is 0.0242. The zero-order valence-corrected chi connectivity index (χ0v) is 17.6. The maximum Gasteiger partial charge on any atom is 0.261 e. The van der Waals surface area contributed by atoms with Crippen molar-refractivity contribution in [3.63, 3.8) is 0 Å². The van der Waals surface area contributed by atoms with E-state index in [4.69, 9.17) is 21.1 Å². The van der Waals surface area contributed by atoms with Gasteiger partial charge in [-0.25, -0.2) is 9.37 Å². The number of fused-ring (bicyclic) bond motifs is 1. The minimum Gasteiger partial charge on any atom is -0.464 e. The number of benzene rings is 1. The van der Waals surface area contributed by atoms with Crippen molar-refractivity contribution in [3.8, 4) is 5.88 Å². The second-order valence-corrected chi connectivity index (χ2v) is 8.02. The van der Waals surface area contributed by atoms with Crippen LogP contribution < -0.4 is 15.4 Å². The fourth-order valence-electron chi connectivity index (χ4n) is 3.65. The summed E-state index contributed by atoms with van der Waals surface area (Å²) in [6.07, 6.45) is 3.72. The largest absolute Gasteiger partial charge is 0.464 e. The number of aliphatic hydroxyl groups excluding tert-OH is 1. The summed E-state index contributed by atoms with van der Waals surface area (Å²) in [4.78, 5) is 21.6. The van der Waals surface area contributed by atoms with Crippen LogP contribution in [-0.4, -0.2) is 52.9 Å². The Morgan fingerprint density at radius 3 is 2.87 bits per heavy atom. The lowest BCUT2D eigenvalue weighted by molar-refractivity contribution is -0.130. The predicted octanol–water partition coefficient (Wildman–Crippen LogP) is 2.40. The third-order valence-corrected chi connectivity index (χ3v) is 5.75. The van der Waals surface area contributed by atoms with Gasteiger partial charge in [-0.15, -0.1) is 0 Å². The first-order valence-electron chi connectivity index (χ1n) is 10.3. The molecule has 3 heterocycles. The van der Waals surface area contributed by atoms with Crippen molar-refractivity contribution in [2.24, 2.45) is 0 Å². The second-order valence-electron chi connectivity index (χ2n) is 7.62. The van der Waals surface area contributed by atoms with Crippen molar-refractivity contribution in [2.45, 2.75) is 43.9 Å². The molecule has 2 aromatic rings. The van der Waals surface area contributed by atoms with E-state index in [9.17, 15) is 14.3 Å². The van der Waals surface area contributed by atoms with E-state index in [1.165, 1.54) is 12.1 Å². The number of rotatable bonds is 6. The Labute approximate surface area is 184 Å². The van der Waals surface area contributed by atoms with E-state index < -0.39 is 30.5 Å². The first kappa shape index (κ1) is 21.7. The van der Waals surface area contributed by atoms with Crippen molar-refractivity contribution in [1.29, 1.82) is 0 Å². The lowest BCUT2D eigenvalue weighted by atomic mass is 10.0. The SMILES string of the molecule is O=C(NC(CO)c1ccc(Cl)c(F)c1)C1CCc2cnc(NC3CCOCC3)nc2O1. The zero-order valence-electron chi connectivity index (χ0n) is 16.8. The van der Waals surface area contributed by atoms with Gasteiger partial charge in [-0.2, -0.15) is 4.98 Å². The number of anilines is 1. The topological polar surface area (TPSA) is 106 Å². The van der Waals surface area contributed by atoms with Gasteiger partial charge in [0.2, 0.25) is 11.8 Å². The number of aryl methyl sites for hydroxylation is 1. The average Bonchev–Trinajstić information content (AvgIpc) is 2.79. The van der Waals surface area contributed by atoms with Gasteiger partial charge in [-0.05, 0) is 43.4 Å². The highest BCUT2D eigenvalue weighted by Crippen LogP contribution is 2.27. The summed E-state index contributed by atoms with van der Waals surface area (Å²) in [6.45, 7) is 1.01. The van der Waals surface area contributed by atoms with Crippen LogP contribution in [0.3, 0.4) is 0 Å². The Kier molecular flexibility index (Phi) is 6.84. The summed E-state index contributed by atoms with van der Waals surface area (Å²) in [5.41, 5.74) is 1.25. The number of carbonyl (C=O) groups is 1. The van der Waals surface area contributed by atoms with Crippen LogP contribution in [0.15, 0.2) is 24.4 Å². The summed E-state index contributed by atoms with van der Waals surface area (Å²) in [7, 11) is 0. The van der Waals surface area contributed by atoms with Crippen LogP contribution in [0.2, 0.25) is 5.02 Å². The van der Waals surface area contributed by atoms with Gasteiger partial charge in [0.1, 0.15) is 5.82 Å². The number of amides is 1. The number of halogens is 2. The van der Waals surface area contributed by atoms with Crippen molar-refractivity contribution < 1.29 is 23.8 Å². The molecule has 8 nitrogen and oxygen atoms in total. The summed E-state index contributed by atoms with van der Waals surface area (Å²) < 4.78 is 25.0. The molecule has 0 radical (unpaired) electrons. The normalized spacial score (nSPS) is 19.8. The number of aromatic nitrogens is 2. The van der Waals surface area contributed by atoms with Gasteiger partial charge in [-0.1, -0.05) is 17.7 Å². The van der Waals surface area contributed by atoms with E-state index in [0.29, 0.717) is 43.4 Å². The summed E-state index contributed by atoms with van der Waals surface area (Å²) >= 11 is 5.71. The molecule has 2 aliphatic rings. The van der Waals surface area contributed by atoms with E-state index >= 15 is 0 Å². The summed E-state index contributed by atoms with van der Waals surface area (Å²) in [5, 5.41) is 15.7. The molecule has 1 amide bonds. The van der Waals surface area contributed by atoms with E-state index in [0.717, 1.165) is 18.4 Å². The lowest BCUT2D eigenvalue weighted by Gasteiger charge is -2.27. The van der Waals surface area contributed by atoms with E-state index in [1.54, 1.807) is 12.3 Å². The number of hydrogen-bond donors (Lipinski definition) is 3. The van der Waals surface area contributed by atoms with E-state index in [-0.39, 0.29) is 11.1 Å². The smallest absolute Gasteiger partial charge is 0.261 e. The minimum atomic E-state index is -0.777. The highest BCUT2D eigenvalue weighted by atomic mass is 35.5. The molecule has 4 rings (SSSR count). The monoisotopic (exact) mass is 450 g/mol. The average molecular weight is 451 g/mol. The van der Waals surface area contributed by atoms with Crippen LogP contribution in [-0.2, 0) is 16.0 Å². The zero-order chi connectivity index (χ0) is 21.8. The maximum atomic E-state index is 13.8. The van der Waals surface area contributed by atoms with Crippen molar-refractivity contribution in [2.75, 3.05) is 25.1 Å². The molecule has 2 aliphatic heterocycles. The van der Waals surface area contributed by atoms with Crippen LogP contribution in [0.1, 0.15) is 36.4 Å². The molecule has 0 saturated carbocycles. The number of nitrogens with zero attached hydrogens (tertiary/aromatic N) is 2. The molecule has 2 unspecified atom stereocenters. The fraction of sp³-hybridized carbons (Fsp3) is 0.476. The van der Waals surface area contributed by atoms with Crippen molar-refractivity contribution >= 4 is 23.5 Å². The van der Waals surface area contributed by atoms with Crippen molar-refractivity contribution in [3.05, 3.63) is 46.4 Å². The summed E-state index contributed by atoms with van der Waals surface area (Å²) in [5.74, 6) is -0.195. The Hall–Kier alpha value is -2.49. The Balaban J connectivity index is 1.41. The molecule has 1 fully saturated rings. The molecule has 10 heteroatoms. The van der Waals surface area contributed by atoms with Crippen LogP contribution in [0, 0.1) is 5.82 Å². The standard InChI is InChI=1S/C21H24ClFN4O4/c22-15-3-1-12(9-16(15)23)17(11-28)26-19(29)18-4-2-13-10-24-21(27-20(13)31-18)25-14-5-7-30-8-6-14/h1,3,9-10,14,17-18,28H,2,4-8,11H2,(H,26,29)(H,24,25,27). The highest BCUT2D eigenvalue weighted by molar-refractivity contribution is 6.30. The number of aliphatic hydroxyl groups is 1. The van der Waals surface area contributed by atoms with Gasteiger partial charge in [0.05, 0.1) is 17.7 Å². The Bertz CT molecular complexity index is 942. The van der Waals surface area contributed by atoms with Crippen LogP contribution in [0.4, 0.5) is 10.3 Å². The molecule has 1 saturated heterocycles. The number of ether oxygens (including phenoxy) is 2. The quantitative estimate of drug-likeness (QED) is 0.620. The van der Waals surface area contributed by atoms with Gasteiger partial charge < -0.3 is 25.2 Å². The number of nitrogens with one attached hydrogen (secondary N) is 2. The molecular weight excluding hydrogens is 427 g/mol. The molecule has 0 bridgehead atoms. The Morgan fingerprint density at radius 1 is 1.32 bits per heavy atom. The van der Waals surface area contributed by atoms with Gasteiger partial charge in [0, 0.05) is 31.0 Å². The molecule has 2 atom stereocenters. The third-order valence-electron chi connectivity index (χ3n) is 5.45. The molecule has 3 N–H and O–H groups in total. The first-order valence-corrected chi connectivity index (χ1v) is 10.6. The van der Waals surface area contributed by atoms with Crippen LogP contribution in [0.25, 0.3) is 0 Å². The van der Waals surface area contributed by atoms with Crippen LogP contribution in [0.5, 0.6) is 5.88 Å². The molecule has 0 aliphatic carbocycles. The van der Waals surface area contributed by atoms with Crippen molar-refractivity contribution in [1.82, 2.24) is 15.3 Å². The predicted molar refractivity (Wildman–Crippen MR) is 112 cm³/mol. The van der Waals surface area contributed by atoms with E-state index in [1.807, 2.05) is 0 Å². The third kappa shape index (κ3) is 5.23. The molecular formula is C21H24ClFN4O4.